The van der Waals surface area contributed by atoms with E-state index in [1.54, 1.807) is 6.07 Å². The summed E-state index contributed by atoms with van der Waals surface area (Å²) in [4.78, 5) is 23.3. The molecule has 1 aliphatic carbocycles. The fourth-order valence-electron chi connectivity index (χ4n) is 3.48. The van der Waals surface area contributed by atoms with Crippen LogP contribution in [0.25, 0.3) is 0 Å². The van der Waals surface area contributed by atoms with E-state index < -0.39 is 11.9 Å². The molecular formula is C18H25BrN2O5. The van der Waals surface area contributed by atoms with Gasteiger partial charge in [-0.1, -0.05) is 28.8 Å². The second-order valence-electron chi connectivity index (χ2n) is 6.63. The number of phenolic OH excluding ortho intramolecular Hbond substituents is 1. The molecule has 1 aromatic carbocycles. The fourth-order valence-corrected chi connectivity index (χ4v) is 3.89. The Balaban J connectivity index is 0.000000352. The van der Waals surface area contributed by atoms with Crippen molar-refractivity contribution in [2.45, 2.75) is 38.3 Å². The van der Waals surface area contributed by atoms with Gasteiger partial charge in [0.15, 0.2) is 0 Å². The SMILES string of the molecule is O=C(O)C(=O)O.Oc1ccc(Br)cc1CN1CCN(C2CCCC2)CC1. The van der Waals surface area contributed by atoms with E-state index in [9.17, 15) is 5.11 Å². The summed E-state index contributed by atoms with van der Waals surface area (Å²) >= 11 is 3.48. The molecule has 7 nitrogen and oxygen atoms in total. The van der Waals surface area contributed by atoms with Crippen LogP contribution in [0.4, 0.5) is 0 Å². The molecule has 2 aliphatic rings. The Kier molecular flexibility index (Phi) is 7.86. The molecule has 3 rings (SSSR count). The predicted octanol–water partition coefficient (Wildman–Crippen LogP) is 2.37. The highest BCUT2D eigenvalue weighted by atomic mass is 79.9. The lowest BCUT2D eigenvalue weighted by Gasteiger charge is -2.38. The summed E-state index contributed by atoms with van der Waals surface area (Å²) < 4.78 is 1.04. The van der Waals surface area contributed by atoms with Gasteiger partial charge in [-0.15, -0.1) is 0 Å². The van der Waals surface area contributed by atoms with Gasteiger partial charge in [0.1, 0.15) is 5.75 Å². The third kappa shape index (κ3) is 6.26. The van der Waals surface area contributed by atoms with E-state index in [4.69, 9.17) is 19.8 Å². The van der Waals surface area contributed by atoms with Gasteiger partial charge in [0.25, 0.3) is 0 Å². The number of carbonyl (C=O) groups is 2. The second-order valence-corrected chi connectivity index (χ2v) is 7.55. The van der Waals surface area contributed by atoms with Crippen LogP contribution in [0.3, 0.4) is 0 Å². The van der Waals surface area contributed by atoms with Gasteiger partial charge >= 0.3 is 11.9 Å². The summed E-state index contributed by atoms with van der Waals surface area (Å²) in [6, 6.07) is 6.53. The maximum absolute atomic E-state index is 9.93. The molecule has 3 N–H and O–H groups in total. The lowest BCUT2D eigenvalue weighted by Crippen LogP contribution is -2.49. The maximum Gasteiger partial charge on any atom is 0.414 e. The van der Waals surface area contributed by atoms with Crippen molar-refractivity contribution >= 4 is 27.9 Å². The molecule has 0 spiro atoms. The zero-order valence-electron chi connectivity index (χ0n) is 14.6. The van der Waals surface area contributed by atoms with Crippen LogP contribution in [0.5, 0.6) is 5.75 Å². The average Bonchev–Trinajstić information content (AvgIpc) is 3.14. The van der Waals surface area contributed by atoms with Gasteiger partial charge in [-0.3, -0.25) is 9.80 Å². The van der Waals surface area contributed by atoms with Crippen molar-refractivity contribution in [3.8, 4) is 5.75 Å². The number of halogens is 1. The molecule has 0 amide bonds. The Morgan fingerprint density at radius 1 is 1.04 bits per heavy atom. The monoisotopic (exact) mass is 428 g/mol. The highest BCUT2D eigenvalue weighted by Crippen LogP contribution is 2.26. The van der Waals surface area contributed by atoms with E-state index in [-0.39, 0.29) is 0 Å². The number of hydrogen-bond acceptors (Lipinski definition) is 5. The Morgan fingerprint density at radius 2 is 1.62 bits per heavy atom. The molecule has 1 aromatic rings. The van der Waals surface area contributed by atoms with E-state index >= 15 is 0 Å². The van der Waals surface area contributed by atoms with Gasteiger partial charge in [0, 0.05) is 48.8 Å². The van der Waals surface area contributed by atoms with Crippen molar-refractivity contribution < 1.29 is 24.9 Å². The molecular weight excluding hydrogens is 404 g/mol. The van der Waals surface area contributed by atoms with Crippen molar-refractivity contribution in [3.63, 3.8) is 0 Å². The molecule has 144 valence electrons. The smallest absolute Gasteiger partial charge is 0.414 e. The molecule has 1 saturated heterocycles. The molecule has 26 heavy (non-hydrogen) atoms. The van der Waals surface area contributed by atoms with Crippen LogP contribution < -0.4 is 0 Å². The zero-order chi connectivity index (χ0) is 19.1. The van der Waals surface area contributed by atoms with Crippen molar-refractivity contribution in [2.24, 2.45) is 0 Å². The minimum atomic E-state index is -1.82. The number of aromatic hydroxyl groups is 1. The standard InChI is InChI=1S/C16H23BrN2O.C2H2O4/c17-14-5-6-16(20)13(11-14)12-18-7-9-19(10-8-18)15-3-1-2-4-15;3-1(4)2(5)6/h5-6,11,15,20H,1-4,7-10,12H2;(H,3,4)(H,5,6). The summed E-state index contributed by atoms with van der Waals surface area (Å²) in [7, 11) is 0. The average molecular weight is 429 g/mol. The first-order valence-electron chi connectivity index (χ1n) is 8.77. The highest BCUT2D eigenvalue weighted by Gasteiger charge is 2.26. The van der Waals surface area contributed by atoms with Gasteiger partial charge in [-0.2, -0.15) is 0 Å². The minimum Gasteiger partial charge on any atom is -0.508 e. The predicted molar refractivity (Wildman–Crippen MR) is 100 cm³/mol. The van der Waals surface area contributed by atoms with E-state index in [1.165, 1.54) is 38.8 Å². The summed E-state index contributed by atoms with van der Waals surface area (Å²) in [5.41, 5.74) is 1.02. The molecule has 0 aromatic heterocycles. The van der Waals surface area contributed by atoms with Gasteiger partial charge in [-0.05, 0) is 31.0 Å². The Morgan fingerprint density at radius 3 is 2.15 bits per heavy atom. The van der Waals surface area contributed by atoms with Crippen LogP contribution in [-0.4, -0.2) is 69.3 Å². The summed E-state index contributed by atoms with van der Waals surface area (Å²) in [5, 5.41) is 24.7. The van der Waals surface area contributed by atoms with Crippen LogP contribution in [0.2, 0.25) is 0 Å². The zero-order valence-corrected chi connectivity index (χ0v) is 16.2. The van der Waals surface area contributed by atoms with Crippen LogP contribution in [0.15, 0.2) is 22.7 Å². The van der Waals surface area contributed by atoms with Crippen LogP contribution >= 0.6 is 15.9 Å². The van der Waals surface area contributed by atoms with Crippen LogP contribution in [0.1, 0.15) is 31.2 Å². The first-order valence-corrected chi connectivity index (χ1v) is 9.56. The van der Waals surface area contributed by atoms with E-state index in [1.807, 2.05) is 12.1 Å². The normalized spacial score (nSPS) is 19.0. The Hall–Kier alpha value is -1.64. The number of rotatable bonds is 3. The van der Waals surface area contributed by atoms with Crippen LogP contribution in [-0.2, 0) is 16.1 Å². The van der Waals surface area contributed by atoms with E-state index in [0.29, 0.717) is 5.75 Å². The Bertz CT molecular complexity index is 614. The van der Waals surface area contributed by atoms with Crippen molar-refractivity contribution in [3.05, 3.63) is 28.2 Å². The van der Waals surface area contributed by atoms with Gasteiger partial charge in [0.05, 0.1) is 0 Å². The lowest BCUT2D eigenvalue weighted by molar-refractivity contribution is -0.159. The molecule has 0 atom stereocenters. The number of carboxylic acids is 2. The largest absolute Gasteiger partial charge is 0.508 e. The molecule has 1 heterocycles. The number of carboxylic acid groups (broad SMARTS) is 2. The number of piperazine rings is 1. The molecule has 0 bridgehead atoms. The molecule has 1 saturated carbocycles. The van der Waals surface area contributed by atoms with Crippen LogP contribution in [0, 0.1) is 0 Å². The third-order valence-electron chi connectivity index (χ3n) is 4.87. The second kappa shape index (κ2) is 9.89. The summed E-state index contributed by atoms with van der Waals surface area (Å²) in [6.45, 7) is 5.44. The van der Waals surface area contributed by atoms with Crippen molar-refractivity contribution in [2.75, 3.05) is 26.2 Å². The van der Waals surface area contributed by atoms with E-state index in [0.717, 1.165) is 35.7 Å². The van der Waals surface area contributed by atoms with Crippen molar-refractivity contribution in [1.29, 1.82) is 0 Å². The molecule has 8 heteroatoms. The number of hydrogen-bond donors (Lipinski definition) is 3. The van der Waals surface area contributed by atoms with Gasteiger partial charge < -0.3 is 15.3 Å². The van der Waals surface area contributed by atoms with Gasteiger partial charge in [-0.25, -0.2) is 9.59 Å². The first-order chi connectivity index (χ1) is 12.4. The van der Waals surface area contributed by atoms with Gasteiger partial charge in [0.2, 0.25) is 0 Å². The summed E-state index contributed by atoms with van der Waals surface area (Å²) in [5.74, 6) is -3.24. The lowest BCUT2D eigenvalue weighted by atomic mass is 10.1. The number of nitrogens with zero attached hydrogens (tertiary/aromatic N) is 2. The molecule has 1 aliphatic heterocycles. The topological polar surface area (TPSA) is 101 Å². The minimum absolute atomic E-state index is 0.409. The van der Waals surface area contributed by atoms with E-state index in [2.05, 4.69) is 25.7 Å². The molecule has 0 radical (unpaired) electrons. The molecule has 0 unspecified atom stereocenters. The fraction of sp³-hybridized carbons (Fsp3) is 0.556. The highest BCUT2D eigenvalue weighted by molar-refractivity contribution is 9.10. The summed E-state index contributed by atoms with van der Waals surface area (Å²) in [6.07, 6.45) is 5.62. The third-order valence-corrected chi connectivity index (χ3v) is 5.36. The number of phenols is 1. The van der Waals surface area contributed by atoms with Crippen molar-refractivity contribution in [1.82, 2.24) is 9.80 Å². The number of benzene rings is 1. The quantitative estimate of drug-likeness (QED) is 0.635. The number of aliphatic carboxylic acids is 2. The molecule has 2 fully saturated rings. The maximum atomic E-state index is 9.93. The first kappa shape index (κ1) is 20.7. The Labute approximate surface area is 161 Å².